The number of hydrogen-bond acceptors (Lipinski definition) is 4. The Labute approximate surface area is 337 Å². The first-order valence-electron chi connectivity index (χ1n) is 19.4. The van der Waals surface area contributed by atoms with Gasteiger partial charge in [0.1, 0.15) is 0 Å². The van der Waals surface area contributed by atoms with Gasteiger partial charge in [0.15, 0.2) is 17.5 Å². The molecule has 57 heavy (non-hydrogen) atoms. The smallest absolute Gasteiger partial charge is 0.174 e. The van der Waals surface area contributed by atoms with Gasteiger partial charge in [0.05, 0.1) is 4.88 Å². The van der Waals surface area contributed by atoms with Crippen molar-refractivity contribution in [2.24, 2.45) is 0 Å². The van der Waals surface area contributed by atoms with Gasteiger partial charge in [0.25, 0.3) is 0 Å². The molecular formula is C53H37N3S. The van der Waals surface area contributed by atoms with Crippen LogP contribution in [0.15, 0.2) is 200 Å². The lowest BCUT2D eigenvalue weighted by Gasteiger charge is -2.19. The van der Waals surface area contributed by atoms with E-state index in [9.17, 15) is 0 Å². The number of rotatable bonds is 8. The van der Waals surface area contributed by atoms with E-state index >= 15 is 0 Å². The summed E-state index contributed by atoms with van der Waals surface area (Å²) in [5, 5.41) is 1.19. The van der Waals surface area contributed by atoms with Crippen molar-refractivity contribution in [2.75, 3.05) is 0 Å². The fraction of sp³-hybridized carbons (Fsp3) is 0.0377. The van der Waals surface area contributed by atoms with Crippen LogP contribution >= 0.6 is 11.3 Å². The number of thiophene rings is 1. The molecule has 2 aromatic heterocycles. The van der Waals surface area contributed by atoms with Crippen molar-refractivity contribution in [2.45, 2.75) is 12.8 Å². The predicted molar refractivity (Wildman–Crippen MR) is 239 cm³/mol. The highest BCUT2D eigenvalue weighted by molar-refractivity contribution is 7.22. The van der Waals surface area contributed by atoms with Crippen molar-refractivity contribution in [3.8, 4) is 66.6 Å². The molecule has 4 heteroatoms. The van der Waals surface area contributed by atoms with Gasteiger partial charge in [-0.05, 0) is 98.1 Å². The molecule has 0 saturated heterocycles. The van der Waals surface area contributed by atoms with Gasteiger partial charge in [-0.3, -0.25) is 0 Å². The minimum absolute atomic E-state index is 0.660. The number of aromatic nitrogens is 3. The Kier molecular flexibility index (Phi) is 9.23. The van der Waals surface area contributed by atoms with E-state index < -0.39 is 0 Å². The van der Waals surface area contributed by atoms with Gasteiger partial charge < -0.3 is 0 Å². The Morgan fingerprint density at radius 3 is 1.46 bits per heavy atom. The zero-order chi connectivity index (χ0) is 38.0. The molecule has 7 aromatic carbocycles. The third-order valence-electron chi connectivity index (χ3n) is 10.6. The summed E-state index contributed by atoms with van der Waals surface area (Å²) in [7, 11) is 0. The normalized spacial score (nSPS) is 12.6. The Hall–Kier alpha value is -7.01. The Balaban J connectivity index is 1.11. The van der Waals surface area contributed by atoms with Crippen LogP contribution in [0.3, 0.4) is 0 Å². The second-order valence-corrected chi connectivity index (χ2v) is 15.3. The molecule has 0 saturated carbocycles. The molecule has 0 unspecified atom stereocenters. The fourth-order valence-electron chi connectivity index (χ4n) is 7.83. The van der Waals surface area contributed by atoms with Crippen molar-refractivity contribution in [3.05, 3.63) is 212 Å². The zero-order valence-corrected chi connectivity index (χ0v) is 32.0. The van der Waals surface area contributed by atoms with Crippen molar-refractivity contribution >= 4 is 32.6 Å². The minimum atomic E-state index is 0.660. The number of allylic oxidation sites excluding steroid dienone is 4. The summed E-state index contributed by atoms with van der Waals surface area (Å²) in [5.74, 6) is 2.05. The first-order chi connectivity index (χ1) is 28.2. The van der Waals surface area contributed by atoms with Crippen LogP contribution in [-0.2, 0) is 0 Å². The quantitative estimate of drug-likeness (QED) is 0.155. The zero-order valence-electron chi connectivity index (χ0n) is 31.2. The summed E-state index contributed by atoms with van der Waals surface area (Å²) in [6, 6.07) is 66.8. The van der Waals surface area contributed by atoms with E-state index in [2.05, 4.69) is 200 Å². The lowest BCUT2D eigenvalue weighted by atomic mass is 9.84. The van der Waals surface area contributed by atoms with E-state index in [1.165, 1.54) is 54.6 Å². The molecule has 0 atom stereocenters. The lowest BCUT2D eigenvalue weighted by Crippen LogP contribution is -2.05. The molecule has 0 N–H and O–H groups in total. The first kappa shape index (κ1) is 34.5. The first-order valence-corrected chi connectivity index (χ1v) is 20.2. The van der Waals surface area contributed by atoms with Gasteiger partial charge in [-0.25, -0.2) is 15.0 Å². The molecule has 270 valence electrons. The van der Waals surface area contributed by atoms with Crippen LogP contribution in [0, 0.1) is 0 Å². The van der Waals surface area contributed by atoms with Crippen LogP contribution in [0.25, 0.3) is 87.8 Å². The van der Waals surface area contributed by atoms with E-state index in [1.807, 2.05) is 0 Å². The topological polar surface area (TPSA) is 38.7 Å². The van der Waals surface area contributed by atoms with Gasteiger partial charge in [0.2, 0.25) is 0 Å². The van der Waals surface area contributed by atoms with Crippen LogP contribution in [0.4, 0.5) is 0 Å². The Morgan fingerprint density at radius 1 is 0.351 bits per heavy atom. The molecule has 0 fully saturated rings. The highest BCUT2D eigenvalue weighted by atomic mass is 32.1. The highest BCUT2D eigenvalue weighted by Crippen LogP contribution is 2.44. The standard InChI is InChI=1S/C53H37N3S/c1-5-17-37(18-6-1)44-26-14-15-27-45(44)52-54-51(55-53(56-52)49-35-42-25-13-16-28-48(42)57-49)41-31-29-36(30-32-41)43-33-46(38-19-7-2-8-20-38)50(40-23-11-4-12-24-40)47(34-43)39-21-9-3-10-22-39/h1-13,16-35H,14-15H2. The largest absolute Gasteiger partial charge is 0.208 e. The molecule has 1 aliphatic carbocycles. The van der Waals surface area contributed by atoms with E-state index in [0.717, 1.165) is 40.0 Å². The molecule has 0 amide bonds. The van der Waals surface area contributed by atoms with Crippen molar-refractivity contribution in [1.82, 2.24) is 15.0 Å². The summed E-state index contributed by atoms with van der Waals surface area (Å²) >= 11 is 1.72. The average molecular weight is 748 g/mol. The van der Waals surface area contributed by atoms with Crippen LogP contribution < -0.4 is 0 Å². The maximum atomic E-state index is 5.21. The van der Waals surface area contributed by atoms with Crippen LogP contribution in [0.1, 0.15) is 24.2 Å². The second kappa shape index (κ2) is 15.3. The summed E-state index contributed by atoms with van der Waals surface area (Å²) in [4.78, 5) is 16.6. The third kappa shape index (κ3) is 6.92. The summed E-state index contributed by atoms with van der Waals surface area (Å²) in [6.45, 7) is 0. The summed E-state index contributed by atoms with van der Waals surface area (Å²) < 4.78 is 1.21. The fourth-order valence-corrected chi connectivity index (χ4v) is 8.83. The van der Waals surface area contributed by atoms with Crippen molar-refractivity contribution in [3.63, 3.8) is 0 Å². The third-order valence-corrected chi connectivity index (χ3v) is 11.7. The molecule has 0 aliphatic heterocycles. The maximum Gasteiger partial charge on any atom is 0.174 e. The van der Waals surface area contributed by atoms with Gasteiger partial charge in [-0.15, -0.1) is 11.3 Å². The molecular weight excluding hydrogens is 711 g/mol. The summed E-state index contributed by atoms with van der Waals surface area (Å²) in [5.41, 5.74) is 13.8. The van der Waals surface area contributed by atoms with E-state index in [4.69, 9.17) is 15.0 Å². The van der Waals surface area contributed by atoms with Gasteiger partial charge >= 0.3 is 0 Å². The van der Waals surface area contributed by atoms with Crippen LogP contribution in [0.5, 0.6) is 0 Å². The highest BCUT2D eigenvalue weighted by Gasteiger charge is 2.21. The minimum Gasteiger partial charge on any atom is -0.208 e. The molecule has 0 bridgehead atoms. The van der Waals surface area contributed by atoms with Crippen molar-refractivity contribution in [1.29, 1.82) is 0 Å². The van der Waals surface area contributed by atoms with Crippen LogP contribution in [0.2, 0.25) is 0 Å². The van der Waals surface area contributed by atoms with E-state index in [1.54, 1.807) is 11.3 Å². The molecule has 1 aliphatic rings. The second-order valence-electron chi connectivity index (χ2n) is 14.3. The van der Waals surface area contributed by atoms with Crippen LogP contribution in [-0.4, -0.2) is 15.0 Å². The number of nitrogens with zero attached hydrogens (tertiary/aromatic N) is 3. The molecule has 3 nitrogen and oxygen atoms in total. The Bertz CT molecular complexity index is 2820. The lowest BCUT2D eigenvalue weighted by molar-refractivity contribution is 1.01. The molecule has 9 aromatic rings. The van der Waals surface area contributed by atoms with E-state index in [0.29, 0.717) is 17.5 Å². The number of benzene rings is 7. The SMILES string of the molecule is C1=C(c2ccccc2)C(c2nc(-c3ccc(-c4cc(-c5ccccc5)c(-c5ccccc5)c(-c5ccccc5)c4)cc3)nc(-c3cc4ccccc4s3)n2)=CCC1. The van der Waals surface area contributed by atoms with Crippen molar-refractivity contribution < 1.29 is 0 Å². The molecule has 0 spiro atoms. The predicted octanol–water partition coefficient (Wildman–Crippen LogP) is 14.3. The molecule has 10 rings (SSSR count). The average Bonchev–Trinajstić information content (AvgIpc) is 3.75. The number of fused-ring (bicyclic) bond motifs is 1. The number of hydrogen-bond donors (Lipinski definition) is 0. The monoisotopic (exact) mass is 747 g/mol. The summed E-state index contributed by atoms with van der Waals surface area (Å²) in [6.07, 6.45) is 6.53. The van der Waals surface area contributed by atoms with E-state index in [-0.39, 0.29) is 0 Å². The molecule has 0 radical (unpaired) electrons. The maximum absolute atomic E-state index is 5.21. The molecule has 2 heterocycles. The Morgan fingerprint density at radius 2 is 0.842 bits per heavy atom. The van der Waals surface area contributed by atoms with Gasteiger partial charge in [0, 0.05) is 15.8 Å². The van der Waals surface area contributed by atoms with Gasteiger partial charge in [-0.2, -0.15) is 0 Å². The van der Waals surface area contributed by atoms with Gasteiger partial charge in [-0.1, -0.05) is 176 Å².